The van der Waals surface area contributed by atoms with E-state index in [0.29, 0.717) is 6.10 Å². The average molecular weight is 222 g/mol. The molecule has 0 aromatic carbocycles. The molecule has 1 unspecified atom stereocenters. The highest BCUT2D eigenvalue weighted by Crippen LogP contribution is 2.49. The molecule has 0 heterocycles. The van der Waals surface area contributed by atoms with Crippen molar-refractivity contribution in [1.82, 2.24) is 0 Å². The first-order valence-corrected chi connectivity index (χ1v) is 7.85. The third kappa shape index (κ3) is 3.67. The second kappa shape index (κ2) is 5.45. The van der Waals surface area contributed by atoms with Crippen molar-refractivity contribution >= 4 is 18.3 Å². The van der Waals surface area contributed by atoms with E-state index in [-0.39, 0.29) is 0 Å². The van der Waals surface area contributed by atoms with E-state index < -0.39 is 6.49 Å². The maximum absolute atomic E-state index is 5.88. The maximum atomic E-state index is 5.88. The zero-order valence-electron chi connectivity index (χ0n) is 8.49. The van der Waals surface area contributed by atoms with E-state index in [0.717, 1.165) is 6.16 Å². The van der Waals surface area contributed by atoms with Crippen LogP contribution in [0.5, 0.6) is 0 Å². The van der Waals surface area contributed by atoms with Crippen molar-refractivity contribution in [3.8, 4) is 0 Å². The molecule has 1 saturated carbocycles. The number of hydrogen-bond acceptors (Lipinski definition) is 3. The molecule has 0 amide bonds. The molecule has 1 atom stereocenters. The molecule has 0 N–H and O–H groups in total. The smallest absolute Gasteiger partial charge is 0.188 e. The molecule has 0 aromatic heterocycles. The lowest BCUT2D eigenvalue weighted by Gasteiger charge is -2.28. The van der Waals surface area contributed by atoms with Crippen molar-refractivity contribution in [2.45, 2.75) is 45.1 Å². The lowest BCUT2D eigenvalue weighted by Crippen LogP contribution is -2.16. The summed E-state index contributed by atoms with van der Waals surface area (Å²) in [4.78, 5) is 0. The summed E-state index contributed by atoms with van der Waals surface area (Å²) in [6.07, 6.45) is 7.47. The van der Waals surface area contributed by atoms with Gasteiger partial charge in [-0.05, 0) is 24.6 Å². The molecule has 0 radical (unpaired) electrons. The molecule has 4 heteroatoms. The summed E-state index contributed by atoms with van der Waals surface area (Å²) in [5.74, 6) is 0. The molecule has 0 aromatic rings. The van der Waals surface area contributed by atoms with Gasteiger partial charge < -0.3 is 9.05 Å². The van der Waals surface area contributed by atoms with E-state index in [4.69, 9.17) is 20.9 Å². The van der Waals surface area contributed by atoms with Crippen LogP contribution in [0.15, 0.2) is 0 Å². The van der Waals surface area contributed by atoms with Crippen LogP contribution in [0.4, 0.5) is 0 Å². The van der Waals surface area contributed by atoms with Crippen LogP contribution in [0.1, 0.15) is 39.0 Å². The summed E-state index contributed by atoms with van der Waals surface area (Å²) < 4.78 is 11.2. The largest absolute Gasteiger partial charge is 0.333 e. The van der Waals surface area contributed by atoms with Gasteiger partial charge in [0, 0.05) is 13.3 Å². The van der Waals surface area contributed by atoms with Crippen molar-refractivity contribution in [3.63, 3.8) is 0 Å². The van der Waals surface area contributed by atoms with Crippen molar-refractivity contribution in [3.05, 3.63) is 0 Å². The zero-order chi connectivity index (χ0) is 9.73. The quantitative estimate of drug-likeness (QED) is 0.680. The molecule has 0 aliphatic heterocycles. The van der Waals surface area contributed by atoms with Crippen LogP contribution in [0.3, 0.4) is 0 Å². The molecule has 1 rings (SSSR count). The van der Waals surface area contributed by atoms with Crippen LogP contribution in [-0.2, 0) is 20.9 Å². The van der Waals surface area contributed by atoms with Gasteiger partial charge in [-0.2, -0.15) is 0 Å². The minimum Gasteiger partial charge on any atom is -0.333 e. The predicted molar refractivity (Wildman–Crippen MR) is 59.8 cm³/mol. The molecule has 1 aliphatic rings. The Bertz CT molecular complexity index is 182. The van der Waals surface area contributed by atoms with Crippen molar-refractivity contribution in [2.75, 3.05) is 13.3 Å². The molecular formula is C9H19O2PS. The molecular weight excluding hydrogens is 203 g/mol. The normalized spacial score (nSPS) is 24.2. The number of hydrogen-bond donors (Lipinski definition) is 0. The van der Waals surface area contributed by atoms with E-state index in [1.165, 1.54) is 32.1 Å². The van der Waals surface area contributed by atoms with Gasteiger partial charge in [-0.25, -0.2) is 0 Å². The third-order valence-electron chi connectivity index (χ3n) is 2.53. The van der Waals surface area contributed by atoms with Crippen LogP contribution in [0.2, 0.25) is 0 Å². The molecule has 0 spiro atoms. The van der Waals surface area contributed by atoms with E-state index in [1.54, 1.807) is 7.11 Å². The molecule has 0 saturated heterocycles. The Balaban J connectivity index is 2.40. The predicted octanol–water partition coefficient (Wildman–Crippen LogP) is 3.31. The van der Waals surface area contributed by atoms with Gasteiger partial charge in [0.2, 0.25) is 0 Å². The highest BCUT2D eigenvalue weighted by atomic mass is 32.5. The van der Waals surface area contributed by atoms with Gasteiger partial charge in [0.15, 0.2) is 6.49 Å². The van der Waals surface area contributed by atoms with Crippen LogP contribution >= 0.6 is 6.49 Å². The minimum atomic E-state index is -1.92. The fourth-order valence-corrected chi connectivity index (χ4v) is 3.17. The second-order valence-corrected chi connectivity index (χ2v) is 7.57. The zero-order valence-corrected chi connectivity index (χ0v) is 10.2. The summed E-state index contributed by atoms with van der Waals surface area (Å²) >= 11 is 5.35. The fourth-order valence-electron chi connectivity index (χ4n) is 1.64. The Morgan fingerprint density at radius 1 is 1.31 bits per heavy atom. The molecule has 0 bridgehead atoms. The average Bonchev–Trinajstić information content (AvgIpc) is 2.19. The lowest BCUT2D eigenvalue weighted by molar-refractivity contribution is 0.148. The number of rotatable bonds is 4. The first kappa shape index (κ1) is 11.6. The minimum absolute atomic E-state index is 0.375. The van der Waals surface area contributed by atoms with E-state index >= 15 is 0 Å². The van der Waals surface area contributed by atoms with Gasteiger partial charge >= 0.3 is 0 Å². The molecule has 13 heavy (non-hydrogen) atoms. The molecule has 1 aliphatic carbocycles. The fraction of sp³-hybridized carbons (Fsp3) is 1.00. The van der Waals surface area contributed by atoms with Crippen molar-refractivity contribution < 1.29 is 9.05 Å². The van der Waals surface area contributed by atoms with Gasteiger partial charge in [0.25, 0.3) is 0 Å². The first-order chi connectivity index (χ1) is 6.20. The van der Waals surface area contributed by atoms with Crippen LogP contribution in [-0.4, -0.2) is 19.4 Å². The van der Waals surface area contributed by atoms with E-state index in [1.807, 2.05) is 6.92 Å². The Morgan fingerprint density at radius 3 is 2.38 bits per heavy atom. The summed E-state index contributed by atoms with van der Waals surface area (Å²) in [7, 11) is 1.67. The molecule has 2 nitrogen and oxygen atoms in total. The Morgan fingerprint density at radius 2 is 1.92 bits per heavy atom. The molecule has 1 fully saturated rings. The topological polar surface area (TPSA) is 18.5 Å². The van der Waals surface area contributed by atoms with Gasteiger partial charge in [-0.15, -0.1) is 0 Å². The van der Waals surface area contributed by atoms with E-state index in [2.05, 4.69) is 0 Å². The Hall–Kier alpha value is 0.570. The highest BCUT2D eigenvalue weighted by molar-refractivity contribution is 8.09. The lowest BCUT2D eigenvalue weighted by atomic mass is 9.98. The van der Waals surface area contributed by atoms with Crippen molar-refractivity contribution in [1.29, 1.82) is 0 Å². The highest BCUT2D eigenvalue weighted by Gasteiger charge is 2.22. The second-order valence-electron chi connectivity index (χ2n) is 3.48. The van der Waals surface area contributed by atoms with Gasteiger partial charge in [-0.1, -0.05) is 26.2 Å². The Kier molecular flexibility index (Phi) is 4.88. The third-order valence-corrected chi connectivity index (χ3v) is 5.96. The SMILES string of the molecule is CCP(=S)(OC)OC1CCCCC1. The summed E-state index contributed by atoms with van der Waals surface area (Å²) in [6, 6.07) is 0. The summed E-state index contributed by atoms with van der Waals surface area (Å²) in [6.45, 7) is 0.132. The van der Waals surface area contributed by atoms with Gasteiger partial charge in [0.1, 0.15) is 0 Å². The Labute approximate surface area is 86.2 Å². The summed E-state index contributed by atoms with van der Waals surface area (Å²) in [5, 5.41) is 0. The van der Waals surface area contributed by atoms with Crippen molar-refractivity contribution in [2.24, 2.45) is 0 Å². The van der Waals surface area contributed by atoms with Crippen LogP contribution in [0, 0.1) is 0 Å². The van der Waals surface area contributed by atoms with Crippen LogP contribution in [0.25, 0.3) is 0 Å². The molecule has 78 valence electrons. The van der Waals surface area contributed by atoms with E-state index in [9.17, 15) is 0 Å². The van der Waals surface area contributed by atoms with Crippen LogP contribution < -0.4 is 0 Å². The first-order valence-electron chi connectivity index (χ1n) is 5.03. The standard InChI is InChI=1S/C9H19O2PS/c1-3-12(13,10-2)11-9-7-5-4-6-8-9/h9H,3-8H2,1-2H3. The maximum Gasteiger partial charge on any atom is 0.188 e. The van der Waals surface area contributed by atoms with Gasteiger partial charge in [-0.3, -0.25) is 0 Å². The summed E-state index contributed by atoms with van der Waals surface area (Å²) in [5.41, 5.74) is 0. The van der Waals surface area contributed by atoms with Gasteiger partial charge in [0.05, 0.1) is 6.10 Å². The monoisotopic (exact) mass is 222 g/mol.